The lowest BCUT2D eigenvalue weighted by Gasteiger charge is -2.30. The van der Waals surface area contributed by atoms with Gasteiger partial charge in [-0.15, -0.1) is 0 Å². The van der Waals surface area contributed by atoms with Crippen molar-refractivity contribution in [2.24, 2.45) is 0 Å². The molecular formula is C30H39F3O3. The number of benzene rings is 2. The molecule has 0 radical (unpaired) electrons. The van der Waals surface area contributed by atoms with Crippen LogP contribution in [0.4, 0.5) is 13.2 Å². The maximum atomic E-state index is 15.5. The van der Waals surface area contributed by atoms with Gasteiger partial charge in [0.05, 0.1) is 30.5 Å². The Hall–Kier alpha value is -1.89. The molecule has 0 spiro atoms. The summed E-state index contributed by atoms with van der Waals surface area (Å²) in [5.74, 6) is -0.404. The third-order valence-corrected chi connectivity index (χ3v) is 7.63. The molecule has 2 aromatic carbocycles. The van der Waals surface area contributed by atoms with E-state index in [1.165, 1.54) is 5.56 Å². The van der Waals surface area contributed by atoms with E-state index in [9.17, 15) is 8.78 Å². The molecule has 3 nitrogen and oxygen atoms in total. The molecule has 0 N–H and O–H groups in total. The van der Waals surface area contributed by atoms with Crippen LogP contribution in [-0.4, -0.2) is 32.0 Å². The predicted octanol–water partition coefficient (Wildman–Crippen LogP) is 8.53. The van der Waals surface area contributed by atoms with Crippen LogP contribution in [0.15, 0.2) is 36.4 Å². The topological polar surface area (TPSA) is 27.7 Å². The van der Waals surface area contributed by atoms with Gasteiger partial charge in [0, 0.05) is 18.8 Å². The largest absolute Gasteiger partial charge is 0.379 e. The Labute approximate surface area is 213 Å². The number of hydrogen-bond donors (Lipinski definition) is 0. The molecule has 0 bridgehead atoms. The van der Waals surface area contributed by atoms with Gasteiger partial charge >= 0.3 is 0 Å². The van der Waals surface area contributed by atoms with Crippen LogP contribution in [0.3, 0.4) is 0 Å². The van der Waals surface area contributed by atoms with E-state index in [-0.39, 0.29) is 17.2 Å². The minimum atomic E-state index is -2.91. The number of halogens is 3. The highest BCUT2D eigenvalue weighted by Gasteiger charge is 2.30. The minimum absolute atomic E-state index is 0.0163. The van der Waals surface area contributed by atoms with Crippen molar-refractivity contribution in [2.45, 2.75) is 95.9 Å². The summed E-state index contributed by atoms with van der Waals surface area (Å²) >= 11 is 0. The summed E-state index contributed by atoms with van der Waals surface area (Å²) in [6, 6.07) is 10.9. The van der Waals surface area contributed by atoms with Gasteiger partial charge in [-0.25, -0.2) is 13.2 Å². The number of rotatable bonds is 10. The molecule has 2 fully saturated rings. The average molecular weight is 505 g/mol. The zero-order valence-corrected chi connectivity index (χ0v) is 21.5. The van der Waals surface area contributed by atoms with E-state index in [0.717, 1.165) is 51.6 Å². The van der Waals surface area contributed by atoms with Gasteiger partial charge in [0.25, 0.3) is 6.43 Å². The van der Waals surface area contributed by atoms with Crippen molar-refractivity contribution in [3.63, 3.8) is 0 Å². The second-order valence-electron chi connectivity index (χ2n) is 10.0. The Morgan fingerprint density at radius 1 is 0.889 bits per heavy atom. The molecular weight excluding hydrogens is 465 g/mol. The average Bonchev–Trinajstić information content (AvgIpc) is 2.90. The van der Waals surface area contributed by atoms with E-state index in [2.05, 4.69) is 6.92 Å². The number of unbranched alkanes of at least 4 members (excludes halogenated alkanes) is 1. The van der Waals surface area contributed by atoms with Gasteiger partial charge in [-0.2, -0.15) is 0 Å². The lowest BCUT2D eigenvalue weighted by atomic mass is 9.82. The summed E-state index contributed by atoms with van der Waals surface area (Å²) in [7, 11) is 0. The molecule has 36 heavy (non-hydrogen) atoms. The van der Waals surface area contributed by atoms with Gasteiger partial charge in [-0.3, -0.25) is 0 Å². The molecule has 6 heteroatoms. The summed E-state index contributed by atoms with van der Waals surface area (Å²) in [6.45, 7) is 5.91. The normalized spacial score (nSPS) is 24.8. The van der Waals surface area contributed by atoms with Gasteiger partial charge in [-0.1, -0.05) is 49.7 Å². The standard InChI is InChI=1S/C30H39F3O3/c1-3-5-18-35-24-14-17-27(36-19-24)26-16-15-25(28(29(26)31)30(32)33)22-8-6-20(7-9-22)21-10-12-23(13-11-21)34-4-2/h6-9,15-16,21,23-24,27,30H,3-5,10-14,17-19H2,1-2H3. The first kappa shape index (κ1) is 27.2. The van der Waals surface area contributed by atoms with Gasteiger partial charge in [0.15, 0.2) is 0 Å². The van der Waals surface area contributed by atoms with E-state index < -0.39 is 23.9 Å². The zero-order valence-electron chi connectivity index (χ0n) is 21.5. The van der Waals surface area contributed by atoms with E-state index in [1.807, 2.05) is 31.2 Å². The molecule has 4 rings (SSSR count). The molecule has 0 amide bonds. The highest BCUT2D eigenvalue weighted by atomic mass is 19.3. The molecule has 2 aliphatic rings. The van der Waals surface area contributed by atoms with Crippen molar-refractivity contribution in [2.75, 3.05) is 19.8 Å². The summed E-state index contributed by atoms with van der Waals surface area (Å²) < 4.78 is 61.1. The third-order valence-electron chi connectivity index (χ3n) is 7.63. The summed E-state index contributed by atoms with van der Waals surface area (Å²) in [5.41, 5.74) is 1.73. The van der Waals surface area contributed by atoms with Crippen LogP contribution in [0.1, 0.15) is 100 Å². The first-order valence-corrected chi connectivity index (χ1v) is 13.6. The van der Waals surface area contributed by atoms with Gasteiger partial charge < -0.3 is 14.2 Å². The van der Waals surface area contributed by atoms with Crippen molar-refractivity contribution < 1.29 is 27.4 Å². The van der Waals surface area contributed by atoms with Crippen LogP contribution in [-0.2, 0) is 14.2 Å². The summed E-state index contributed by atoms with van der Waals surface area (Å²) in [6.07, 6.45) is 4.40. The molecule has 1 saturated carbocycles. The van der Waals surface area contributed by atoms with Crippen molar-refractivity contribution in [1.82, 2.24) is 0 Å². The van der Waals surface area contributed by atoms with Gasteiger partial charge in [0.2, 0.25) is 0 Å². The Balaban J connectivity index is 1.46. The highest BCUT2D eigenvalue weighted by Crippen LogP contribution is 2.40. The molecule has 1 aliphatic carbocycles. The lowest BCUT2D eigenvalue weighted by Crippen LogP contribution is -2.28. The number of ether oxygens (including phenoxy) is 3. The maximum Gasteiger partial charge on any atom is 0.267 e. The second kappa shape index (κ2) is 13.1. The Morgan fingerprint density at radius 3 is 2.22 bits per heavy atom. The minimum Gasteiger partial charge on any atom is -0.379 e. The van der Waals surface area contributed by atoms with Gasteiger partial charge in [0.1, 0.15) is 5.82 Å². The molecule has 0 aromatic heterocycles. The van der Waals surface area contributed by atoms with Crippen molar-refractivity contribution in [1.29, 1.82) is 0 Å². The molecule has 1 saturated heterocycles. The Bertz CT molecular complexity index is 947. The first-order chi connectivity index (χ1) is 17.5. The summed E-state index contributed by atoms with van der Waals surface area (Å²) in [5, 5.41) is 0. The van der Waals surface area contributed by atoms with Crippen molar-refractivity contribution >= 4 is 0 Å². The van der Waals surface area contributed by atoms with E-state index >= 15 is 4.39 Å². The summed E-state index contributed by atoms with van der Waals surface area (Å²) in [4.78, 5) is 0. The zero-order chi connectivity index (χ0) is 25.5. The van der Waals surface area contributed by atoms with E-state index in [4.69, 9.17) is 14.2 Å². The highest BCUT2D eigenvalue weighted by molar-refractivity contribution is 5.69. The smallest absolute Gasteiger partial charge is 0.267 e. The Morgan fingerprint density at radius 2 is 1.61 bits per heavy atom. The Kier molecular flexibility index (Phi) is 9.86. The SMILES string of the molecule is CCCCOC1CCC(c2ccc(-c3ccc(C4CCC(OCC)CC4)cc3)c(C(F)F)c2F)OC1. The lowest BCUT2D eigenvalue weighted by molar-refractivity contribution is -0.0881. The van der Waals surface area contributed by atoms with Crippen molar-refractivity contribution in [3.05, 3.63) is 58.9 Å². The van der Waals surface area contributed by atoms with Crippen LogP contribution in [0.5, 0.6) is 0 Å². The van der Waals surface area contributed by atoms with Crippen molar-refractivity contribution in [3.8, 4) is 11.1 Å². The predicted molar refractivity (Wildman–Crippen MR) is 136 cm³/mol. The maximum absolute atomic E-state index is 15.5. The number of hydrogen-bond acceptors (Lipinski definition) is 3. The monoisotopic (exact) mass is 504 g/mol. The number of alkyl halides is 2. The fraction of sp³-hybridized carbons (Fsp3) is 0.600. The fourth-order valence-corrected chi connectivity index (χ4v) is 5.56. The van der Waals surface area contributed by atoms with Crippen LogP contribution in [0.25, 0.3) is 11.1 Å². The fourth-order valence-electron chi connectivity index (χ4n) is 5.56. The molecule has 2 unspecified atom stereocenters. The van der Waals surface area contributed by atoms with E-state index in [1.54, 1.807) is 12.1 Å². The van der Waals surface area contributed by atoms with Crippen LogP contribution in [0, 0.1) is 5.82 Å². The van der Waals surface area contributed by atoms with Crippen LogP contribution >= 0.6 is 0 Å². The molecule has 198 valence electrons. The quantitative estimate of drug-likeness (QED) is 0.304. The molecule has 2 aromatic rings. The third kappa shape index (κ3) is 6.51. The molecule has 1 heterocycles. The second-order valence-corrected chi connectivity index (χ2v) is 10.0. The van der Waals surface area contributed by atoms with Gasteiger partial charge in [-0.05, 0) is 74.5 Å². The first-order valence-electron chi connectivity index (χ1n) is 13.6. The van der Waals surface area contributed by atoms with Crippen LogP contribution in [0.2, 0.25) is 0 Å². The van der Waals surface area contributed by atoms with Crippen LogP contribution < -0.4 is 0 Å². The molecule has 1 aliphatic heterocycles. The van der Waals surface area contributed by atoms with E-state index in [0.29, 0.717) is 37.2 Å². The molecule has 2 atom stereocenters.